The second-order valence-corrected chi connectivity index (χ2v) is 18.1. The van der Waals surface area contributed by atoms with Gasteiger partial charge in [0.2, 0.25) is 0 Å². The molecule has 0 aliphatic heterocycles. The summed E-state index contributed by atoms with van der Waals surface area (Å²) in [6.07, 6.45) is 12.7. The number of nitrogens with one attached hydrogen (secondary N) is 6. The normalized spacial score (nSPS) is 11.9. The standard InChI is InChI=1S/2C30H29N5O2/c2*1-31-30(37)22-10-8-20(9-11-22)14-15-32-28(21-6-4-3-5-7-21)29(36)26-18-33-27-16-23(12-13-25(26)27)24-17-34-35(2)19-24/h2*3-13,16-19,28,32-33H,14-15H2,1-2H3,(H,31,37)/t2*28-/m10/s1. The molecule has 10 rings (SSSR count). The van der Waals surface area contributed by atoms with E-state index in [9.17, 15) is 19.2 Å². The van der Waals surface area contributed by atoms with E-state index in [0.29, 0.717) is 35.3 Å². The number of benzene rings is 6. The van der Waals surface area contributed by atoms with Crippen LogP contribution in [0.1, 0.15) is 75.8 Å². The van der Waals surface area contributed by atoms with Gasteiger partial charge in [-0.25, -0.2) is 0 Å². The third-order valence-electron chi connectivity index (χ3n) is 13.2. The highest BCUT2D eigenvalue weighted by atomic mass is 16.2. The number of amides is 2. The third kappa shape index (κ3) is 11.5. The summed E-state index contributed by atoms with van der Waals surface area (Å²) in [5, 5.41) is 22.5. The number of fused-ring (bicyclic) bond motifs is 2. The lowest BCUT2D eigenvalue weighted by Crippen LogP contribution is -2.30. The molecule has 0 aliphatic rings. The third-order valence-corrected chi connectivity index (χ3v) is 13.2. The molecule has 0 saturated carbocycles. The Morgan fingerprint density at radius 3 is 1.24 bits per heavy atom. The molecule has 0 fully saturated rings. The maximum Gasteiger partial charge on any atom is 0.251 e. The van der Waals surface area contributed by atoms with E-state index in [1.54, 1.807) is 35.9 Å². The summed E-state index contributed by atoms with van der Waals surface area (Å²) < 4.78 is 3.55. The van der Waals surface area contributed by atoms with Crippen molar-refractivity contribution in [2.45, 2.75) is 24.9 Å². The molecule has 0 spiro atoms. The van der Waals surface area contributed by atoms with Crippen LogP contribution in [-0.2, 0) is 26.9 Å². The predicted octanol–water partition coefficient (Wildman–Crippen LogP) is 9.37. The monoisotopic (exact) mass is 982 g/mol. The summed E-state index contributed by atoms with van der Waals surface area (Å²) in [4.78, 5) is 57.8. The van der Waals surface area contributed by atoms with E-state index in [4.69, 9.17) is 0 Å². The summed E-state index contributed by atoms with van der Waals surface area (Å²) in [6.45, 7) is 1.22. The molecule has 2 atom stereocenters. The first-order valence-corrected chi connectivity index (χ1v) is 24.5. The molecular formula is C60H58N10O4. The Balaban J connectivity index is 0.000000182. The van der Waals surface area contributed by atoms with Gasteiger partial charge >= 0.3 is 0 Å². The van der Waals surface area contributed by atoms with Crippen molar-refractivity contribution in [1.82, 2.24) is 50.8 Å². The average Bonchev–Trinajstić information content (AvgIpc) is 4.28. The fourth-order valence-electron chi connectivity index (χ4n) is 9.14. The van der Waals surface area contributed by atoms with Gasteiger partial charge in [-0.1, -0.05) is 109 Å². The van der Waals surface area contributed by atoms with Gasteiger partial charge in [-0.05, 0) is 82.6 Å². The van der Waals surface area contributed by atoms with E-state index in [0.717, 1.165) is 79.2 Å². The molecule has 6 aromatic carbocycles. The van der Waals surface area contributed by atoms with E-state index in [1.165, 1.54) is 0 Å². The molecule has 0 aliphatic carbocycles. The molecule has 0 radical (unpaired) electrons. The van der Waals surface area contributed by atoms with Crippen molar-refractivity contribution in [2.75, 3.05) is 27.2 Å². The highest BCUT2D eigenvalue weighted by Crippen LogP contribution is 2.31. The number of aromatic amines is 2. The number of H-pyrrole nitrogens is 2. The van der Waals surface area contributed by atoms with Gasteiger partial charge < -0.3 is 31.2 Å². The SMILES string of the molecule is CNC(=O)c1ccc(CCN[C@@H](C(=O)c2c[nH]c3cc(-c4cnn(C)c4)ccc23)c2ccccc2)cc1.CNC(=O)c1ccc(CCN[C@H](C(=O)c2c[nH]c3cc(-c4cnn(C)c4)ccc23)c2ccccc2)cc1. The summed E-state index contributed by atoms with van der Waals surface area (Å²) in [5.41, 5.74) is 12.6. The number of nitrogens with zero attached hydrogens (tertiary/aromatic N) is 4. The maximum absolute atomic E-state index is 13.8. The summed E-state index contributed by atoms with van der Waals surface area (Å²) in [5.74, 6) is -0.181. The number of rotatable bonds is 18. The van der Waals surface area contributed by atoms with Gasteiger partial charge in [-0.15, -0.1) is 0 Å². The minimum atomic E-state index is -0.483. The molecule has 6 N–H and O–H groups in total. The van der Waals surface area contributed by atoms with Crippen LogP contribution in [0.4, 0.5) is 0 Å². The number of hydrogen-bond acceptors (Lipinski definition) is 8. The zero-order chi connectivity index (χ0) is 51.6. The summed E-state index contributed by atoms with van der Waals surface area (Å²) >= 11 is 0. The lowest BCUT2D eigenvalue weighted by atomic mass is 9.96. The molecular weight excluding hydrogens is 925 g/mol. The van der Waals surface area contributed by atoms with Crippen LogP contribution in [0.2, 0.25) is 0 Å². The van der Waals surface area contributed by atoms with Crippen LogP contribution in [0.25, 0.3) is 44.1 Å². The second-order valence-electron chi connectivity index (χ2n) is 18.1. The van der Waals surface area contributed by atoms with Gasteiger partial charge in [0.25, 0.3) is 11.8 Å². The maximum atomic E-state index is 13.8. The average molecular weight is 983 g/mol. The quantitative estimate of drug-likeness (QED) is 0.0460. The van der Waals surface area contributed by atoms with Gasteiger partial charge in [-0.3, -0.25) is 28.5 Å². The highest BCUT2D eigenvalue weighted by molar-refractivity contribution is 6.12. The molecule has 0 saturated heterocycles. The van der Waals surface area contributed by atoms with Crippen LogP contribution in [0.15, 0.2) is 183 Å². The lowest BCUT2D eigenvalue weighted by Gasteiger charge is -2.18. The predicted molar refractivity (Wildman–Crippen MR) is 291 cm³/mol. The summed E-state index contributed by atoms with van der Waals surface area (Å²) in [6, 6.07) is 45.9. The smallest absolute Gasteiger partial charge is 0.251 e. The van der Waals surface area contributed by atoms with Crippen molar-refractivity contribution in [2.24, 2.45) is 14.1 Å². The summed E-state index contributed by atoms with van der Waals surface area (Å²) in [7, 11) is 7.02. The van der Waals surface area contributed by atoms with E-state index in [2.05, 4.69) is 53.6 Å². The molecule has 0 unspecified atom stereocenters. The first-order valence-electron chi connectivity index (χ1n) is 24.5. The first-order chi connectivity index (χ1) is 36.1. The molecule has 74 heavy (non-hydrogen) atoms. The van der Waals surface area contributed by atoms with Crippen LogP contribution < -0.4 is 21.3 Å². The minimum Gasteiger partial charge on any atom is -0.360 e. The number of aryl methyl sites for hydroxylation is 2. The van der Waals surface area contributed by atoms with Crippen molar-refractivity contribution in [3.63, 3.8) is 0 Å². The van der Waals surface area contributed by atoms with Crippen LogP contribution in [0.5, 0.6) is 0 Å². The Hall–Kier alpha value is -8.98. The zero-order valence-corrected chi connectivity index (χ0v) is 41.7. The topological polar surface area (TPSA) is 184 Å². The van der Waals surface area contributed by atoms with Crippen molar-refractivity contribution < 1.29 is 19.2 Å². The van der Waals surface area contributed by atoms with Crippen molar-refractivity contribution in [1.29, 1.82) is 0 Å². The van der Waals surface area contributed by atoms with E-state index in [1.807, 2.05) is 172 Å². The molecule has 2 amide bonds. The van der Waals surface area contributed by atoms with E-state index >= 15 is 0 Å². The molecule has 14 heteroatoms. The number of ketones is 2. The fraction of sp³-hybridized carbons (Fsp3) is 0.167. The number of carbonyl (C=O) groups excluding carboxylic acids is 4. The van der Waals surface area contributed by atoms with Gasteiger partial charge in [0.05, 0.1) is 24.5 Å². The van der Waals surface area contributed by atoms with E-state index < -0.39 is 12.1 Å². The number of Topliss-reactive ketones (excluding diaryl/α,β-unsaturated/α-hetero) is 2. The van der Waals surface area contributed by atoms with Crippen molar-refractivity contribution in [3.05, 3.63) is 227 Å². The molecule has 372 valence electrons. The first kappa shape index (κ1) is 50.0. The molecule has 10 aromatic rings. The largest absolute Gasteiger partial charge is 0.360 e. The van der Waals surface area contributed by atoms with Crippen LogP contribution in [0.3, 0.4) is 0 Å². The van der Waals surface area contributed by atoms with Crippen LogP contribution >= 0.6 is 0 Å². The zero-order valence-electron chi connectivity index (χ0n) is 41.7. The Kier molecular flexibility index (Phi) is 15.6. The van der Waals surface area contributed by atoms with Crippen molar-refractivity contribution in [3.8, 4) is 22.3 Å². The van der Waals surface area contributed by atoms with Gasteiger partial charge in [-0.2, -0.15) is 10.2 Å². The fourth-order valence-corrected chi connectivity index (χ4v) is 9.14. The van der Waals surface area contributed by atoms with E-state index in [-0.39, 0.29) is 23.4 Å². The van der Waals surface area contributed by atoms with Crippen LogP contribution in [-0.4, -0.2) is 80.1 Å². The Bertz CT molecular complexity index is 3300. The van der Waals surface area contributed by atoms with Crippen LogP contribution in [0, 0.1) is 0 Å². The molecule has 0 bridgehead atoms. The Labute approximate surface area is 429 Å². The second kappa shape index (κ2) is 23.1. The lowest BCUT2D eigenvalue weighted by molar-refractivity contribution is 0.0937. The molecule has 4 aromatic heterocycles. The Morgan fingerprint density at radius 1 is 0.500 bits per heavy atom. The number of aromatic nitrogens is 6. The van der Waals surface area contributed by atoms with Gasteiger partial charge in [0.1, 0.15) is 0 Å². The Morgan fingerprint density at radius 2 is 0.892 bits per heavy atom. The minimum absolute atomic E-state index is 0.0153. The molecule has 4 heterocycles. The molecule has 14 nitrogen and oxygen atoms in total. The number of carbonyl (C=O) groups is 4. The van der Waals surface area contributed by atoms with Crippen molar-refractivity contribution >= 4 is 45.2 Å². The van der Waals surface area contributed by atoms with Gasteiger partial charge in [0, 0.05) is 121 Å². The van der Waals surface area contributed by atoms with Gasteiger partial charge in [0.15, 0.2) is 11.6 Å². The number of hydrogen-bond donors (Lipinski definition) is 6. The highest BCUT2D eigenvalue weighted by Gasteiger charge is 2.26.